The Balaban J connectivity index is 2.52. The molecule has 1 aromatic heterocycles. The maximum Gasteiger partial charge on any atom is 0.110 e. The number of rotatable bonds is 1. The van der Waals surface area contributed by atoms with Crippen LogP contribution < -0.4 is 0 Å². The molecule has 2 nitrogen and oxygen atoms in total. The first kappa shape index (κ1) is 11.2. The smallest absolute Gasteiger partial charge is 0.110 e. The molecule has 0 radical (unpaired) electrons. The Kier molecular flexibility index (Phi) is 2.53. The van der Waals surface area contributed by atoms with E-state index in [0.717, 1.165) is 11.9 Å². The molecule has 1 heterocycles. The van der Waals surface area contributed by atoms with E-state index in [2.05, 4.69) is 57.5 Å². The van der Waals surface area contributed by atoms with Crippen LogP contribution in [0.25, 0.3) is 11.0 Å². The van der Waals surface area contributed by atoms with Crippen LogP contribution in [-0.4, -0.2) is 9.55 Å². The third-order valence-corrected chi connectivity index (χ3v) is 2.82. The van der Waals surface area contributed by atoms with Gasteiger partial charge in [-0.05, 0) is 30.0 Å². The van der Waals surface area contributed by atoms with Gasteiger partial charge in [0.2, 0.25) is 0 Å². The number of aromatic nitrogens is 2. The van der Waals surface area contributed by atoms with Crippen LogP contribution in [0, 0.1) is 12.3 Å². The normalized spacial score (nSPS) is 12.3. The largest absolute Gasteiger partial charge is 0.331 e. The molecule has 0 bridgehead atoms. The summed E-state index contributed by atoms with van der Waals surface area (Å²) >= 11 is 0. The van der Waals surface area contributed by atoms with Crippen molar-refractivity contribution in [1.29, 1.82) is 0 Å². The summed E-state index contributed by atoms with van der Waals surface area (Å²) in [5, 5.41) is 0. The molecule has 0 fully saturated rings. The molecule has 0 spiro atoms. The average Bonchev–Trinajstić information content (AvgIpc) is 2.40. The molecule has 2 rings (SSSR count). The molecule has 0 saturated heterocycles. The van der Waals surface area contributed by atoms with Crippen molar-refractivity contribution in [2.45, 2.75) is 34.1 Å². The third-order valence-electron chi connectivity index (χ3n) is 2.82. The predicted octanol–water partition coefficient (Wildman–Crippen LogP) is 3.47. The highest BCUT2D eigenvalue weighted by molar-refractivity contribution is 5.76. The highest BCUT2D eigenvalue weighted by atomic mass is 15.1. The molecule has 0 unspecified atom stereocenters. The van der Waals surface area contributed by atoms with Gasteiger partial charge in [-0.2, -0.15) is 0 Å². The maximum absolute atomic E-state index is 4.72. The molecule has 16 heavy (non-hydrogen) atoms. The van der Waals surface area contributed by atoms with Crippen molar-refractivity contribution in [3.8, 4) is 0 Å². The van der Waals surface area contributed by atoms with Crippen LogP contribution in [0.5, 0.6) is 0 Å². The maximum atomic E-state index is 4.72. The molecule has 0 saturated carbocycles. The minimum absolute atomic E-state index is 0.282. The van der Waals surface area contributed by atoms with Crippen molar-refractivity contribution in [3.05, 3.63) is 29.6 Å². The average molecular weight is 216 g/mol. The van der Waals surface area contributed by atoms with Gasteiger partial charge in [-0.1, -0.05) is 26.8 Å². The quantitative estimate of drug-likeness (QED) is 0.713. The molecule has 0 atom stereocenters. The topological polar surface area (TPSA) is 17.8 Å². The summed E-state index contributed by atoms with van der Waals surface area (Å²) in [6.45, 7) is 8.85. The van der Waals surface area contributed by atoms with Crippen LogP contribution in [0.2, 0.25) is 0 Å². The summed E-state index contributed by atoms with van der Waals surface area (Å²) in [5.41, 5.74) is 3.89. The number of nitrogens with zero attached hydrogens (tertiary/aromatic N) is 2. The highest BCUT2D eigenvalue weighted by Crippen LogP contribution is 2.23. The van der Waals surface area contributed by atoms with Gasteiger partial charge < -0.3 is 4.57 Å². The molecule has 0 aliphatic heterocycles. The molecule has 0 N–H and O–H groups in total. The first-order valence-corrected chi connectivity index (χ1v) is 5.79. The van der Waals surface area contributed by atoms with Crippen LogP contribution in [0.3, 0.4) is 0 Å². The minimum atomic E-state index is 0.282. The fraction of sp³-hybridized carbons (Fsp3) is 0.500. The van der Waals surface area contributed by atoms with Crippen LogP contribution in [0.15, 0.2) is 18.2 Å². The van der Waals surface area contributed by atoms with E-state index in [-0.39, 0.29) is 5.41 Å². The van der Waals surface area contributed by atoms with Gasteiger partial charge in [-0.3, -0.25) is 0 Å². The molecular formula is C14H20N2. The summed E-state index contributed by atoms with van der Waals surface area (Å²) in [6, 6.07) is 6.45. The van der Waals surface area contributed by atoms with Gasteiger partial charge in [0.15, 0.2) is 0 Å². The Labute approximate surface area is 97.3 Å². The lowest BCUT2D eigenvalue weighted by Crippen LogP contribution is -2.12. The van der Waals surface area contributed by atoms with Gasteiger partial charge in [-0.25, -0.2) is 4.98 Å². The molecule has 0 amide bonds. The van der Waals surface area contributed by atoms with E-state index in [4.69, 9.17) is 4.98 Å². The molecular weight excluding hydrogens is 196 g/mol. The number of fused-ring (bicyclic) bond motifs is 1. The van der Waals surface area contributed by atoms with Crippen molar-refractivity contribution < 1.29 is 0 Å². The molecule has 0 aliphatic rings. The Morgan fingerprint density at radius 1 is 1.25 bits per heavy atom. The standard InChI is InChI=1S/C14H20N2/c1-10-6-7-12-11(8-10)15-13(16(12)5)9-14(2,3)4/h6-8H,9H2,1-5H3. The fourth-order valence-corrected chi connectivity index (χ4v) is 1.99. The van der Waals surface area contributed by atoms with Crippen LogP contribution in [-0.2, 0) is 13.5 Å². The highest BCUT2D eigenvalue weighted by Gasteiger charge is 2.16. The summed E-state index contributed by atoms with van der Waals surface area (Å²) in [5.74, 6) is 1.17. The molecule has 1 aromatic carbocycles. The lowest BCUT2D eigenvalue weighted by Gasteiger charge is -2.17. The lowest BCUT2D eigenvalue weighted by atomic mass is 9.92. The molecule has 0 aliphatic carbocycles. The first-order valence-electron chi connectivity index (χ1n) is 5.79. The summed E-state index contributed by atoms with van der Waals surface area (Å²) < 4.78 is 2.21. The van der Waals surface area contributed by atoms with Gasteiger partial charge in [0.05, 0.1) is 11.0 Å². The van der Waals surface area contributed by atoms with Gasteiger partial charge in [-0.15, -0.1) is 0 Å². The Bertz CT molecular complexity index is 515. The zero-order valence-electron chi connectivity index (χ0n) is 10.8. The SMILES string of the molecule is Cc1ccc2c(c1)nc(CC(C)(C)C)n2C. The van der Waals surface area contributed by atoms with E-state index in [0.29, 0.717) is 0 Å². The van der Waals surface area contributed by atoms with Crippen LogP contribution in [0.4, 0.5) is 0 Å². The second kappa shape index (κ2) is 3.62. The van der Waals surface area contributed by atoms with E-state index in [1.807, 2.05) is 0 Å². The van der Waals surface area contributed by atoms with Crippen molar-refractivity contribution >= 4 is 11.0 Å². The number of aryl methyl sites for hydroxylation is 2. The van der Waals surface area contributed by atoms with E-state index in [9.17, 15) is 0 Å². The van der Waals surface area contributed by atoms with Gasteiger partial charge >= 0.3 is 0 Å². The molecule has 2 aromatic rings. The number of hydrogen-bond donors (Lipinski definition) is 0. The van der Waals surface area contributed by atoms with Gasteiger partial charge in [0.25, 0.3) is 0 Å². The second-order valence-corrected chi connectivity index (χ2v) is 5.82. The molecule has 86 valence electrons. The van der Waals surface area contributed by atoms with Crippen molar-refractivity contribution in [2.24, 2.45) is 12.5 Å². The van der Waals surface area contributed by atoms with E-state index >= 15 is 0 Å². The Hall–Kier alpha value is -1.31. The lowest BCUT2D eigenvalue weighted by molar-refractivity contribution is 0.396. The summed E-state index contributed by atoms with van der Waals surface area (Å²) in [4.78, 5) is 4.72. The van der Waals surface area contributed by atoms with Gasteiger partial charge in [0, 0.05) is 13.5 Å². The number of imidazole rings is 1. The van der Waals surface area contributed by atoms with E-state index in [1.54, 1.807) is 0 Å². The predicted molar refractivity (Wildman–Crippen MR) is 68.6 cm³/mol. The van der Waals surface area contributed by atoms with E-state index in [1.165, 1.54) is 16.9 Å². The second-order valence-electron chi connectivity index (χ2n) is 5.82. The van der Waals surface area contributed by atoms with Crippen LogP contribution >= 0.6 is 0 Å². The Morgan fingerprint density at radius 3 is 2.56 bits per heavy atom. The first-order chi connectivity index (χ1) is 7.37. The fourth-order valence-electron chi connectivity index (χ4n) is 1.99. The van der Waals surface area contributed by atoms with Crippen molar-refractivity contribution in [1.82, 2.24) is 9.55 Å². The zero-order chi connectivity index (χ0) is 11.9. The number of benzene rings is 1. The Morgan fingerprint density at radius 2 is 1.94 bits per heavy atom. The number of hydrogen-bond acceptors (Lipinski definition) is 1. The summed E-state index contributed by atoms with van der Waals surface area (Å²) in [7, 11) is 2.10. The monoisotopic (exact) mass is 216 g/mol. The van der Waals surface area contributed by atoms with Crippen molar-refractivity contribution in [3.63, 3.8) is 0 Å². The summed E-state index contributed by atoms with van der Waals surface area (Å²) in [6.07, 6.45) is 1.01. The van der Waals surface area contributed by atoms with E-state index < -0.39 is 0 Å². The third kappa shape index (κ3) is 2.11. The zero-order valence-corrected chi connectivity index (χ0v) is 10.8. The molecule has 2 heteroatoms. The van der Waals surface area contributed by atoms with Crippen LogP contribution in [0.1, 0.15) is 32.2 Å². The van der Waals surface area contributed by atoms with Gasteiger partial charge in [0.1, 0.15) is 5.82 Å². The van der Waals surface area contributed by atoms with Crippen molar-refractivity contribution in [2.75, 3.05) is 0 Å². The minimum Gasteiger partial charge on any atom is -0.331 e.